The number of alkyl halides is 1. The van der Waals surface area contributed by atoms with Gasteiger partial charge in [-0.1, -0.05) is 21.9 Å². The average Bonchev–Trinajstić information content (AvgIpc) is 2.00. The molecule has 5 heteroatoms. The summed E-state index contributed by atoms with van der Waals surface area (Å²) in [5, 5.41) is 8.37. The number of hydrogen-bond donors (Lipinski definition) is 1. The molecule has 0 saturated carbocycles. The van der Waals surface area contributed by atoms with Crippen molar-refractivity contribution in [2.24, 2.45) is 0 Å². The summed E-state index contributed by atoms with van der Waals surface area (Å²) in [4.78, 5) is 20.0. The minimum absolute atomic E-state index is 0.232. The standard InChI is InChI=1S/C7H7BrO4/c1-2-3-12-6(9)4-5(8)7(10)11/h5H,4H2,1H3,(H,10,11). The lowest BCUT2D eigenvalue weighted by molar-refractivity contribution is -0.142. The van der Waals surface area contributed by atoms with Crippen LogP contribution in [0.25, 0.3) is 0 Å². The van der Waals surface area contributed by atoms with Crippen LogP contribution in [0.3, 0.4) is 0 Å². The van der Waals surface area contributed by atoms with Crippen LogP contribution in [0, 0.1) is 12.0 Å². The van der Waals surface area contributed by atoms with Gasteiger partial charge in [-0.25, -0.2) is 0 Å². The largest absolute Gasteiger partial charge is 0.480 e. The molecular weight excluding hydrogens is 228 g/mol. The van der Waals surface area contributed by atoms with Crippen molar-refractivity contribution in [2.45, 2.75) is 18.2 Å². The lowest BCUT2D eigenvalue weighted by atomic mass is 10.3. The first-order valence-electron chi connectivity index (χ1n) is 3.06. The molecule has 0 saturated heterocycles. The van der Waals surface area contributed by atoms with Gasteiger partial charge in [-0.2, -0.15) is 0 Å². The van der Waals surface area contributed by atoms with Crippen molar-refractivity contribution in [3.05, 3.63) is 0 Å². The third-order valence-electron chi connectivity index (χ3n) is 0.881. The Morgan fingerprint density at radius 1 is 1.67 bits per heavy atom. The number of halogens is 1. The van der Waals surface area contributed by atoms with Crippen molar-refractivity contribution < 1.29 is 19.4 Å². The van der Waals surface area contributed by atoms with Gasteiger partial charge in [-0.15, -0.1) is 0 Å². The number of rotatable bonds is 3. The molecule has 0 fully saturated rings. The smallest absolute Gasteiger partial charge is 0.321 e. The molecule has 1 N–H and O–H groups in total. The molecule has 0 aliphatic heterocycles. The Hall–Kier alpha value is -1.02. The molecule has 0 aromatic carbocycles. The Morgan fingerprint density at radius 3 is 2.67 bits per heavy atom. The van der Waals surface area contributed by atoms with E-state index in [-0.39, 0.29) is 6.42 Å². The van der Waals surface area contributed by atoms with E-state index in [2.05, 4.69) is 32.7 Å². The van der Waals surface area contributed by atoms with Gasteiger partial charge in [0.2, 0.25) is 0 Å². The fraction of sp³-hybridized carbons (Fsp3) is 0.429. The average molecular weight is 235 g/mol. The van der Waals surface area contributed by atoms with Crippen LogP contribution < -0.4 is 0 Å². The molecule has 0 aliphatic rings. The molecule has 0 radical (unpaired) electrons. The maximum Gasteiger partial charge on any atom is 0.321 e. The quantitative estimate of drug-likeness (QED) is 0.445. The molecule has 4 nitrogen and oxygen atoms in total. The van der Waals surface area contributed by atoms with Crippen molar-refractivity contribution in [1.82, 2.24) is 0 Å². The highest BCUT2D eigenvalue weighted by Gasteiger charge is 2.18. The number of esters is 1. The Labute approximate surface area is 78.0 Å². The number of aliphatic carboxylic acids is 1. The molecule has 0 aliphatic carbocycles. The second-order valence-corrected chi connectivity index (χ2v) is 2.94. The van der Waals surface area contributed by atoms with E-state index in [0.717, 1.165) is 0 Å². The van der Waals surface area contributed by atoms with E-state index in [4.69, 9.17) is 5.11 Å². The van der Waals surface area contributed by atoms with Gasteiger partial charge in [-0.3, -0.25) is 9.59 Å². The fourth-order valence-electron chi connectivity index (χ4n) is 0.383. The van der Waals surface area contributed by atoms with Crippen molar-refractivity contribution >= 4 is 27.9 Å². The highest BCUT2D eigenvalue weighted by molar-refractivity contribution is 9.10. The zero-order valence-corrected chi connectivity index (χ0v) is 7.92. The molecular formula is C7H7BrO4. The van der Waals surface area contributed by atoms with E-state index < -0.39 is 16.8 Å². The van der Waals surface area contributed by atoms with Crippen LogP contribution in [-0.4, -0.2) is 21.9 Å². The summed E-state index contributed by atoms with van der Waals surface area (Å²) < 4.78 is 4.32. The summed E-state index contributed by atoms with van der Waals surface area (Å²) >= 11 is 2.79. The second-order valence-electron chi connectivity index (χ2n) is 1.84. The van der Waals surface area contributed by atoms with Gasteiger partial charge >= 0.3 is 11.9 Å². The van der Waals surface area contributed by atoms with E-state index in [1.54, 1.807) is 0 Å². The topological polar surface area (TPSA) is 63.6 Å². The van der Waals surface area contributed by atoms with E-state index in [9.17, 15) is 9.59 Å². The third-order valence-corrected chi connectivity index (χ3v) is 1.60. The summed E-state index contributed by atoms with van der Waals surface area (Å²) in [5.41, 5.74) is 0. The van der Waals surface area contributed by atoms with Gasteiger partial charge in [0.1, 0.15) is 10.9 Å². The van der Waals surface area contributed by atoms with E-state index in [0.29, 0.717) is 0 Å². The monoisotopic (exact) mass is 234 g/mol. The van der Waals surface area contributed by atoms with Crippen molar-refractivity contribution in [3.63, 3.8) is 0 Å². The summed E-state index contributed by atoms with van der Waals surface area (Å²) in [6, 6.07) is 0. The van der Waals surface area contributed by atoms with Crippen LogP contribution in [0.5, 0.6) is 0 Å². The molecule has 0 aromatic heterocycles. The van der Waals surface area contributed by atoms with Crippen molar-refractivity contribution in [1.29, 1.82) is 0 Å². The van der Waals surface area contributed by atoms with E-state index in [1.807, 2.05) is 0 Å². The number of carbonyl (C=O) groups is 2. The first-order chi connectivity index (χ1) is 5.57. The van der Waals surface area contributed by atoms with Gasteiger partial charge in [0.25, 0.3) is 0 Å². The number of carbonyl (C=O) groups excluding carboxylic acids is 1. The number of carboxylic acids is 1. The van der Waals surface area contributed by atoms with Crippen molar-refractivity contribution in [3.8, 4) is 12.0 Å². The van der Waals surface area contributed by atoms with Crippen LogP contribution >= 0.6 is 15.9 Å². The molecule has 66 valence electrons. The lowest BCUT2D eigenvalue weighted by Crippen LogP contribution is -2.17. The summed E-state index contributed by atoms with van der Waals surface area (Å²) in [7, 11) is 0. The molecule has 12 heavy (non-hydrogen) atoms. The summed E-state index contributed by atoms with van der Waals surface area (Å²) in [6.45, 7) is 1.51. The third kappa shape index (κ3) is 4.74. The van der Waals surface area contributed by atoms with E-state index >= 15 is 0 Å². The molecule has 1 unspecified atom stereocenters. The zero-order chi connectivity index (χ0) is 9.56. The highest BCUT2D eigenvalue weighted by Crippen LogP contribution is 2.05. The molecule has 0 aromatic rings. The maximum absolute atomic E-state index is 10.7. The predicted molar refractivity (Wildman–Crippen MR) is 44.5 cm³/mol. The van der Waals surface area contributed by atoms with Gasteiger partial charge in [0.15, 0.2) is 0 Å². The Bertz CT molecular complexity index is 238. The van der Waals surface area contributed by atoms with Crippen LogP contribution in [0.15, 0.2) is 0 Å². The Morgan fingerprint density at radius 2 is 2.25 bits per heavy atom. The zero-order valence-electron chi connectivity index (χ0n) is 6.33. The lowest BCUT2D eigenvalue weighted by Gasteiger charge is -1.99. The molecule has 0 amide bonds. The molecule has 0 heterocycles. The minimum Gasteiger partial charge on any atom is -0.480 e. The minimum atomic E-state index is -1.10. The number of ether oxygens (including phenoxy) is 1. The molecule has 0 spiro atoms. The summed E-state index contributed by atoms with van der Waals surface area (Å²) in [5.74, 6) is 0.586. The highest BCUT2D eigenvalue weighted by atomic mass is 79.9. The molecule has 0 rings (SSSR count). The number of hydrogen-bond acceptors (Lipinski definition) is 3. The van der Waals surface area contributed by atoms with Gasteiger partial charge < -0.3 is 9.84 Å². The van der Waals surface area contributed by atoms with Crippen LogP contribution in [0.2, 0.25) is 0 Å². The number of carboxylic acid groups (broad SMARTS) is 1. The van der Waals surface area contributed by atoms with Crippen LogP contribution in [0.1, 0.15) is 13.3 Å². The van der Waals surface area contributed by atoms with Crippen molar-refractivity contribution in [2.75, 3.05) is 0 Å². The second kappa shape index (κ2) is 5.61. The summed E-state index contributed by atoms with van der Waals surface area (Å²) in [6.07, 6.45) is 1.85. The first-order valence-corrected chi connectivity index (χ1v) is 3.97. The van der Waals surface area contributed by atoms with Crippen LogP contribution in [-0.2, 0) is 14.3 Å². The molecule has 1 atom stereocenters. The molecule has 0 bridgehead atoms. The van der Waals surface area contributed by atoms with E-state index in [1.165, 1.54) is 6.92 Å². The van der Waals surface area contributed by atoms with Gasteiger partial charge in [0.05, 0.1) is 6.42 Å². The van der Waals surface area contributed by atoms with Gasteiger partial charge in [-0.05, 0) is 0 Å². The fourth-order valence-corrected chi connectivity index (χ4v) is 0.648. The first kappa shape index (κ1) is 11.0. The maximum atomic E-state index is 10.7. The normalized spacial score (nSPS) is 10.8. The Kier molecular flexibility index (Phi) is 5.13. The Balaban J connectivity index is 3.82. The van der Waals surface area contributed by atoms with Crippen LogP contribution in [0.4, 0.5) is 0 Å². The SMILES string of the molecule is CC#COC(=O)CC(Br)C(=O)O. The predicted octanol–water partition coefficient (Wildman–Crippen LogP) is 0.749. The van der Waals surface area contributed by atoms with Gasteiger partial charge in [0, 0.05) is 6.92 Å².